The highest BCUT2D eigenvalue weighted by Crippen LogP contribution is 2.17. The van der Waals surface area contributed by atoms with Gasteiger partial charge in [0.1, 0.15) is 0 Å². The number of aryl methyl sites for hydroxylation is 1. The van der Waals surface area contributed by atoms with Gasteiger partial charge >= 0.3 is 0 Å². The number of anilines is 1. The molecule has 2 aromatic heterocycles. The normalized spacial score (nSPS) is 11.4. The van der Waals surface area contributed by atoms with E-state index in [4.69, 9.17) is 0 Å². The van der Waals surface area contributed by atoms with Crippen LogP contribution in [0.4, 0.5) is 5.13 Å². The summed E-state index contributed by atoms with van der Waals surface area (Å²) in [4.78, 5) is 15.1. The van der Waals surface area contributed by atoms with Gasteiger partial charge in [0.15, 0.2) is 11.1 Å². The standard InChI is InChI=1S/C15H22N6S/c1-11-6-5-7-17-13(11)9-19-14(16-2)18-8-12-10-22-15(20-12)21(3)4/h5-7,10H,8-9H2,1-4H3,(H2,16,18,19). The maximum absolute atomic E-state index is 4.54. The second kappa shape index (κ2) is 7.74. The van der Waals surface area contributed by atoms with Crippen LogP contribution in [0.15, 0.2) is 28.7 Å². The van der Waals surface area contributed by atoms with Crippen LogP contribution in [0.5, 0.6) is 0 Å². The Balaban J connectivity index is 1.86. The molecule has 0 aliphatic carbocycles. The summed E-state index contributed by atoms with van der Waals surface area (Å²) >= 11 is 1.63. The number of pyridine rings is 1. The van der Waals surface area contributed by atoms with Crippen molar-refractivity contribution in [2.24, 2.45) is 4.99 Å². The third-order valence-corrected chi connectivity index (χ3v) is 4.18. The maximum atomic E-state index is 4.54. The maximum Gasteiger partial charge on any atom is 0.191 e. The van der Waals surface area contributed by atoms with Crippen LogP contribution in [0.3, 0.4) is 0 Å². The minimum absolute atomic E-state index is 0.644. The summed E-state index contributed by atoms with van der Waals surface area (Å²) in [6.45, 7) is 3.34. The summed E-state index contributed by atoms with van der Waals surface area (Å²) in [5, 5.41) is 9.59. The Morgan fingerprint density at radius 2 is 2.09 bits per heavy atom. The fourth-order valence-electron chi connectivity index (χ4n) is 1.85. The van der Waals surface area contributed by atoms with Crippen molar-refractivity contribution in [1.82, 2.24) is 20.6 Å². The van der Waals surface area contributed by atoms with Crippen LogP contribution in [0, 0.1) is 6.92 Å². The number of nitrogens with one attached hydrogen (secondary N) is 2. The van der Waals surface area contributed by atoms with E-state index in [1.807, 2.05) is 25.1 Å². The zero-order valence-corrected chi connectivity index (χ0v) is 14.2. The first-order valence-corrected chi connectivity index (χ1v) is 7.95. The lowest BCUT2D eigenvalue weighted by Gasteiger charge is -2.12. The molecule has 2 heterocycles. The molecular formula is C15H22N6S. The summed E-state index contributed by atoms with van der Waals surface area (Å²) in [5.74, 6) is 0.740. The average molecular weight is 318 g/mol. The number of nitrogens with zero attached hydrogens (tertiary/aromatic N) is 4. The van der Waals surface area contributed by atoms with Crippen molar-refractivity contribution in [3.63, 3.8) is 0 Å². The minimum Gasteiger partial charge on any atom is -0.354 e. The molecule has 0 saturated heterocycles. The largest absolute Gasteiger partial charge is 0.354 e. The number of aromatic nitrogens is 2. The molecule has 0 aliphatic rings. The lowest BCUT2D eigenvalue weighted by molar-refractivity contribution is 0.781. The molecule has 6 nitrogen and oxygen atoms in total. The van der Waals surface area contributed by atoms with Crippen molar-refractivity contribution >= 4 is 22.4 Å². The van der Waals surface area contributed by atoms with E-state index < -0.39 is 0 Å². The first-order valence-electron chi connectivity index (χ1n) is 7.07. The summed E-state index contributed by atoms with van der Waals surface area (Å²) in [6, 6.07) is 3.99. The molecule has 0 unspecified atom stereocenters. The topological polar surface area (TPSA) is 65.4 Å². The number of guanidine groups is 1. The highest BCUT2D eigenvalue weighted by molar-refractivity contribution is 7.13. The first kappa shape index (κ1) is 16.2. The summed E-state index contributed by atoms with van der Waals surface area (Å²) in [6.07, 6.45) is 1.80. The molecule has 0 saturated carbocycles. The second-order valence-electron chi connectivity index (χ2n) is 5.06. The molecule has 22 heavy (non-hydrogen) atoms. The van der Waals surface area contributed by atoms with Crippen molar-refractivity contribution in [3.8, 4) is 0 Å². The Morgan fingerprint density at radius 1 is 1.32 bits per heavy atom. The molecule has 2 rings (SSSR count). The smallest absolute Gasteiger partial charge is 0.191 e. The monoisotopic (exact) mass is 318 g/mol. The predicted octanol–water partition coefficient (Wildman–Crippen LogP) is 1.78. The SMILES string of the molecule is CN=C(NCc1csc(N(C)C)n1)NCc1ncccc1C. The van der Waals surface area contributed by atoms with Gasteiger partial charge in [-0.2, -0.15) is 0 Å². The van der Waals surface area contributed by atoms with Gasteiger partial charge in [0.25, 0.3) is 0 Å². The molecule has 2 N–H and O–H groups in total. The Kier molecular flexibility index (Phi) is 5.71. The molecule has 118 valence electrons. The molecule has 0 aliphatic heterocycles. The number of aliphatic imine (C=N–C) groups is 1. The van der Waals surface area contributed by atoms with Gasteiger partial charge < -0.3 is 15.5 Å². The van der Waals surface area contributed by atoms with Gasteiger partial charge in [-0.3, -0.25) is 9.98 Å². The Labute approximate surface area is 135 Å². The Morgan fingerprint density at radius 3 is 2.73 bits per heavy atom. The van der Waals surface area contributed by atoms with Crippen LogP contribution >= 0.6 is 11.3 Å². The van der Waals surface area contributed by atoms with Gasteiger partial charge in [-0.1, -0.05) is 6.07 Å². The third-order valence-electron chi connectivity index (χ3n) is 3.12. The highest BCUT2D eigenvalue weighted by atomic mass is 32.1. The Hall–Kier alpha value is -2.15. The van der Waals surface area contributed by atoms with E-state index in [-0.39, 0.29) is 0 Å². The van der Waals surface area contributed by atoms with Crippen LogP contribution in [-0.2, 0) is 13.1 Å². The van der Waals surface area contributed by atoms with Crippen molar-refractivity contribution < 1.29 is 0 Å². The fourth-order valence-corrected chi connectivity index (χ4v) is 2.61. The van der Waals surface area contributed by atoms with E-state index >= 15 is 0 Å². The van der Waals surface area contributed by atoms with Crippen molar-refractivity contribution in [1.29, 1.82) is 0 Å². The molecule has 2 aromatic rings. The van der Waals surface area contributed by atoms with Crippen LogP contribution in [-0.4, -0.2) is 37.1 Å². The quantitative estimate of drug-likeness (QED) is 0.650. The number of hydrogen-bond acceptors (Lipinski definition) is 5. The summed E-state index contributed by atoms with van der Waals surface area (Å²) < 4.78 is 0. The van der Waals surface area contributed by atoms with Crippen LogP contribution in [0.2, 0.25) is 0 Å². The third kappa shape index (κ3) is 4.42. The lowest BCUT2D eigenvalue weighted by atomic mass is 10.2. The zero-order chi connectivity index (χ0) is 15.9. The van der Waals surface area contributed by atoms with E-state index in [1.165, 1.54) is 5.56 Å². The molecule has 0 bridgehead atoms. The van der Waals surface area contributed by atoms with Gasteiger partial charge in [-0.15, -0.1) is 11.3 Å². The van der Waals surface area contributed by atoms with Crippen molar-refractivity contribution in [2.45, 2.75) is 20.0 Å². The van der Waals surface area contributed by atoms with Crippen molar-refractivity contribution in [3.05, 3.63) is 40.7 Å². The van der Waals surface area contributed by atoms with Gasteiger partial charge in [0, 0.05) is 32.7 Å². The van der Waals surface area contributed by atoms with Crippen LogP contribution in [0.1, 0.15) is 17.0 Å². The fraction of sp³-hybridized carbons (Fsp3) is 0.400. The van der Waals surface area contributed by atoms with E-state index in [9.17, 15) is 0 Å². The van der Waals surface area contributed by atoms with Crippen molar-refractivity contribution in [2.75, 3.05) is 26.0 Å². The first-order chi connectivity index (χ1) is 10.6. The minimum atomic E-state index is 0.644. The van der Waals surface area contributed by atoms with E-state index in [0.29, 0.717) is 13.1 Å². The molecule has 7 heteroatoms. The molecular weight excluding hydrogens is 296 g/mol. The predicted molar refractivity (Wildman–Crippen MR) is 92.5 cm³/mol. The molecule has 0 atom stereocenters. The zero-order valence-electron chi connectivity index (χ0n) is 13.4. The van der Waals surface area contributed by atoms with Crippen LogP contribution in [0.25, 0.3) is 0 Å². The molecule has 0 radical (unpaired) electrons. The number of thiazole rings is 1. The summed E-state index contributed by atoms with van der Waals surface area (Å²) in [5.41, 5.74) is 3.19. The highest BCUT2D eigenvalue weighted by Gasteiger charge is 2.05. The molecule has 0 spiro atoms. The number of hydrogen-bond donors (Lipinski definition) is 2. The van der Waals surface area contributed by atoms with Gasteiger partial charge in [0.2, 0.25) is 0 Å². The summed E-state index contributed by atoms with van der Waals surface area (Å²) in [7, 11) is 5.74. The van der Waals surface area contributed by atoms with E-state index in [2.05, 4.69) is 44.0 Å². The van der Waals surface area contributed by atoms with Gasteiger partial charge in [0.05, 0.1) is 24.5 Å². The van der Waals surface area contributed by atoms with E-state index in [1.54, 1.807) is 24.6 Å². The Bertz CT molecular complexity index is 634. The molecule has 0 amide bonds. The lowest BCUT2D eigenvalue weighted by Crippen LogP contribution is -2.36. The van der Waals surface area contributed by atoms with Gasteiger partial charge in [-0.25, -0.2) is 4.98 Å². The average Bonchev–Trinajstić information content (AvgIpc) is 2.98. The second-order valence-corrected chi connectivity index (χ2v) is 5.90. The van der Waals surface area contributed by atoms with E-state index in [0.717, 1.165) is 22.5 Å². The molecule has 0 fully saturated rings. The molecule has 0 aromatic carbocycles. The number of rotatable bonds is 5. The van der Waals surface area contributed by atoms with Crippen LogP contribution < -0.4 is 15.5 Å². The van der Waals surface area contributed by atoms with Gasteiger partial charge in [-0.05, 0) is 18.6 Å².